The second-order valence-corrected chi connectivity index (χ2v) is 5.57. The highest BCUT2D eigenvalue weighted by atomic mass is 16.5. The zero-order valence-corrected chi connectivity index (χ0v) is 12.6. The molecule has 0 spiro atoms. The Bertz CT molecular complexity index is 597. The average molecular weight is 282 g/mol. The smallest absolute Gasteiger partial charge is 0.110 e. The standard InChI is InChI=1S/C18H22N2O/c1-13-10-15-8-9-16(19-2)11-17(15)18(21-12-20-13)14-6-4-3-5-7-14/h3-9,11,13,18-20H,10,12H2,1-2H3. The summed E-state index contributed by atoms with van der Waals surface area (Å²) >= 11 is 0. The number of fused-ring (bicyclic) bond motifs is 1. The Morgan fingerprint density at radius 1 is 1.14 bits per heavy atom. The first kappa shape index (κ1) is 14.1. The van der Waals surface area contributed by atoms with Crippen LogP contribution in [0.1, 0.15) is 29.7 Å². The van der Waals surface area contributed by atoms with E-state index in [1.165, 1.54) is 16.7 Å². The molecular formula is C18H22N2O. The lowest BCUT2D eigenvalue weighted by Crippen LogP contribution is -2.34. The van der Waals surface area contributed by atoms with Gasteiger partial charge in [-0.1, -0.05) is 36.4 Å². The van der Waals surface area contributed by atoms with Gasteiger partial charge >= 0.3 is 0 Å². The minimum atomic E-state index is -0.0190. The summed E-state index contributed by atoms with van der Waals surface area (Å²) in [4.78, 5) is 0. The third kappa shape index (κ3) is 3.09. The molecule has 0 fully saturated rings. The highest BCUT2D eigenvalue weighted by Crippen LogP contribution is 2.32. The molecule has 0 aliphatic carbocycles. The molecule has 1 aliphatic heterocycles. The van der Waals surface area contributed by atoms with E-state index in [0.717, 1.165) is 12.1 Å². The number of ether oxygens (including phenoxy) is 1. The minimum absolute atomic E-state index is 0.0190. The predicted octanol–water partition coefficient (Wildman–Crippen LogP) is 3.33. The molecule has 3 heteroatoms. The van der Waals surface area contributed by atoms with Gasteiger partial charge in [-0.15, -0.1) is 0 Å². The van der Waals surface area contributed by atoms with E-state index >= 15 is 0 Å². The van der Waals surface area contributed by atoms with Crippen molar-refractivity contribution < 1.29 is 4.74 Å². The molecule has 2 aromatic carbocycles. The van der Waals surface area contributed by atoms with Crippen molar-refractivity contribution in [2.24, 2.45) is 0 Å². The van der Waals surface area contributed by atoms with Gasteiger partial charge in [0.15, 0.2) is 0 Å². The summed E-state index contributed by atoms with van der Waals surface area (Å²) in [6.45, 7) is 2.77. The van der Waals surface area contributed by atoms with E-state index < -0.39 is 0 Å². The molecule has 0 saturated carbocycles. The van der Waals surface area contributed by atoms with Gasteiger partial charge in [-0.25, -0.2) is 0 Å². The van der Waals surface area contributed by atoms with Crippen molar-refractivity contribution in [3.63, 3.8) is 0 Å². The van der Waals surface area contributed by atoms with Crippen LogP contribution in [0.3, 0.4) is 0 Å². The molecule has 2 N–H and O–H groups in total. The number of hydrogen-bond donors (Lipinski definition) is 2. The third-order valence-electron chi connectivity index (χ3n) is 4.03. The van der Waals surface area contributed by atoms with Crippen molar-refractivity contribution in [2.45, 2.75) is 25.5 Å². The normalized spacial score (nSPS) is 22.0. The van der Waals surface area contributed by atoms with Gasteiger partial charge in [0.05, 0.1) is 6.73 Å². The second kappa shape index (κ2) is 6.29. The van der Waals surface area contributed by atoms with Crippen molar-refractivity contribution >= 4 is 5.69 Å². The van der Waals surface area contributed by atoms with E-state index in [-0.39, 0.29) is 6.10 Å². The number of hydrogen-bond acceptors (Lipinski definition) is 3. The van der Waals surface area contributed by atoms with Crippen LogP contribution in [-0.2, 0) is 11.2 Å². The van der Waals surface area contributed by atoms with Gasteiger partial charge in [0.2, 0.25) is 0 Å². The van der Waals surface area contributed by atoms with E-state index in [1.54, 1.807) is 0 Å². The van der Waals surface area contributed by atoms with Crippen LogP contribution in [0.5, 0.6) is 0 Å². The van der Waals surface area contributed by atoms with E-state index in [0.29, 0.717) is 12.8 Å². The number of nitrogens with one attached hydrogen (secondary N) is 2. The van der Waals surface area contributed by atoms with Crippen molar-refractivity contribution in [1.82, 2.24) is 5.32 Å². The van der Waals surface area contributed by atoms with Crippen LogP contribution < -0.4 is 10.6 Å². The predicted molar refractivity (Wildman–Crippen MR) is 86.5 cm³/mol. The Morgan fingerprint density at radius 3 is 2.71 bits per heavy atom. The average Bonchev–Trinajstić information content (AvgIpc) is 2.51. The maximum atomic E-state index is 6.13. The number of rotatable bonds is 2. The summed E-state index contributed by atoms with van der Waals surface area (Å²) in [6.07, 6.45) is 1.00. The lowest BCUT2D eigenvalue weighted by atomic mass is 9.92. The molecule has 3 rings (SSSR count). The lowest BCUT2D eigenvalue weighted by Gasteiger charge is -2.28. The third-order valence-corrected chi connectivity index (χ3v) is 4.03. The van der Waals surface area contributed by atoms with Crippen LogP contribution in [0.4, 0.5) is 5.69 Å². The second-order valence-electron chi connectivity index (χ2n) is 5.57. The Morgan fingerprint density at radius 2 is 1.95 bits per heavy atom. The van der Waals surface area contributed by atoms with Gasteiger partial charge in [0, 0.05) is 18.8 Å². The van der Waals surface area contributed by atoms with E-state index in [1.807, 2.05) is 13.1 Å². The van der Waals surface area contributed by atoms with Crippen molar-refractivity contribution in [3.05, 3.63) is 65.2 Å². The Kier molecular flexibility index (Phi) is 4.23. The Balaban J connectivity index is 2.07. The summed E-state index contributed by atoms with van der Waals surface area (Å²) < 4.78 is 6.13. The fraction of sp³-hybridized carbons (Fsp3) is 0.333. The fourth-order valence-corrected chi connectivity index (χ4v) is 2.85. The molecule has 2 unspecified atom stereocenters. The summed E-state index contributed by atoms with van der Waals surface area (Å²) in [5, 5.41) is 6.64. The molecule has 2 aromatic rings. The van der Waals surface area contributed by atoms with Crippen molar-refractivity contribution in [1.29, 1.82) is 0 Å². The Hall–Kier alpha value is -1.84. The maximum Gasteiger partial charge on any atom is 0.110 e. The molecule has 0 radical (unpaired) electrons. The first-order valence-electron chi connectivity index (χ1n) is 7.48. The van der Waals surface area contributed by atoms with Gasteiger partial charge in [-0.05, 0) is 42.2 Å². The van der Waals surface area contributed by atoms with Crippen LogP contribution in [0.2, 0.25) is 0 Å². The van der Waals surface area contributed by atoms with Crippen molar-refractivity contribution in [3.8, 4) is 0 Å². The molecule has 1 aliphatic rings. The van der Waals surface area contributed by atoms with E-state index in [2.05, 4.69) is 60.0 Å². The maximum absolute atomic E-state index is 6.13. The van der Waals surface area contributed by atoms with Crippen LogP contribution >= 0.6 is 0 Å². The number of benzene rings is 2. The van der Waals surface area contributed by atoms with E-state index in [9.17, 15) is 0 Å². The van der Waals surface area contributed by atoms with Crippen LogP contribution in [0.15, 0.2) is 48.5 Å². The zero-order valence-electron chi connectivity index (χ0n) is 12.6. The molecule has 3 nitrogen and oxygen atoms in total. The fourth-order valence-electron chi connectivity index (χ4n) is 2.85. The molecule has 21 heavy (non-hydrogen) atoms. The molecule has 0 aromatic heterocycles. The van der Waals surface area contributed by atoms with Gasteiger partial charge in [-0.3, -0.25) is 5.32 Å². The molecule has 2 atom stereocenters. The zero-order chi connectivity index (χ0) is 14.7. The summed E-state index contributed by atoms with van der Waals surface area (Å²) in [5.41, 5.74) is 4.94. The van der Waals surface area contributed by atoms with Gasteiger partial charge < -0.3 is 10.1 Å². The van der Waals surface area contributed by atoms with Crippen LogP contribution in [-0.4, -0.2) is 19.8 Å². The molecular weight excluding hydrogens is 260 g/mol. The largest absolute Gasteiger partial charge is 0.388 e. The monoisotopic (exact) mass is 282 g/mol. The van der Waals surface area contributed by atoms with Crippen LogP contribution in [0.25, 0.3) is 0 Å². The van der Waals surface area contributed by atoms with Crippen LogP contribution in [0, 0.1) is 0 Å². The molecule has 0 amide bonds. The quantitative estimate of drug-likeness (QED) is 0.886. The first-order valence-corrected chi connectivity index (χ1v) is 7.48. The molecule has 0 saturated heterocycles. The van der Waals surface area contributed by atoms with Gasteiger partial charge in [0.25, 0.3) is 0 Å². The topological polar surface area (TPSA) is 33.3 Å². The Labute approximate surface area is 126 Å². The van der Waals surface area contributed by atoms with Gasteiger partial charge in [-0.2, -0.15) is 0 Å². The highest BCUT2D eigenvalue weighted by molar-refractivity contribution is 5.51. The SMILES string of the molecule is CNc1ccc2c(c1)C(c1ccccc1)OCNC(C)C2. The molecule has 0 bridgehead atoms. The first-order chi connectivity index (χ1) is 10.3. The summed E-state index contributed by atoms with van der Waals surface area (Å²) in [5.74, 6) is 0. The number of anilines is 1. The minimum Gasteiger partial charge on any atom is -0.388 e. The van der Waals surface area contributed by atoms with Gasteiger partial charge in [0.1, 0.15) is 6.10 Å². The van der Waals surface area contributed by atoms with E-state index in [4.69, 9.17) is 4.74 Å². The molecule has 110 valence electrons. The summed E-state index contributed by atoms with van der Waals surface area (Å²) in [7, 11) is 1.95. The molecule has 1 heterocycles. The lowest BCUT2D eigenvalue weighted by molar-refractivity contribution is 0.0554. The summed E-state index contributed by atoms with van der Waals surface area (Å²) in [6, 6.07) is 17.4. The highest BCUT2D eigenvalue weighted by Gasteiger charge is 2.22. The van der Waals surface area contributed by atoms with Crippen molar-refractivity contribution in [2.75, 3.05) is 19.1 Å².